The van der Waals surface area contributed by atoms with Crippen molar-refractivity contribution in [1.29, 1.82) is 0 Å². The van der Waals surface area contributed by atoms with Gasteiger partial charge in [-0.2, -0.15) is 0 Å². The second kappa shape index (κ2) is 7.85. The van der Waals surface area contributed by atoms with Crippen LogP contribution in [0.25, 0.3) is 0 Å². The molecule has 1 fully saturated rings. The minimum absolute atomic E-state index is 0.0512. The Morgan fingerprint density at radius 3 is 2.83 bits per heavy atom. The van der Waals surface area contributed by atoms with Gasteiger partial charge in [0.15, 0.2) is 0 Å². The monoisotopic (exact) mass is 315 g/mol. The van der Waals surface area contributed by atoms with Crippen LogP contribution in [0.1, 0.15) is 50.5 Å². The molecule has 2 unspecified atom stereocenters. The van der Waals surface area contributed by atoms with Crippen LogP contribution in [0.3, 0.4) is 0 Å². The highest BCUT2D eigenvalue weighted by atomic mass is 16.5. The number of esters is 1. The summed E-state index contributed by atoms with van der Waals surface area (Å²) in [6, 6.07) is 8.56. The van der Waals surface area contributed by atoms with Crippen molar-refractivity contribution in [2.24, 2.45) is 17.8 Å². The van der Waals surface area contributed by atoms with Crippen LogP contribution in [0.15, 0.2) is 24.3 Å². The number of para-hydroxylation sites is 1. The van der Waals surface area contributed by atoms with E-state index in [0.29, 0.717) is 18.3 Å². The van der Waals surface area contributed by atoms with E-state index in [4.69, 9.17) is 4.74 Å². The van der Waals surface area contributed by atoms with Crippen molar-refractivity contribution in [2.75, 3.05) is 19.0 Å². The smallest absolute Gasteiger partial charge is 0.305 e. The molecule has 0 aromatic heterocycles. The van der Waals surface area contributed by atoms with E-state index in [1.807, 2.05) is 0 Å². The van der Waals surface area contributed by atoms with E-state index < -0.39 is 0 Å². The molecule has 0 amide bonds. The molecule has 1 aliphatic heterocycles. The predicted molar refractivity (Wildman–Crippen MR) is 93.4 cm³/mol. The van der Waals surface area contributed by atoms with Crippen LogP contribution in [0, 0.1) is 17.8 Å². The molecule has 3 nitrogen and oxygen atoms in total. The van der Waals surface area contributed by atoms with Gasteiger partial charge in [0.25, 0.3) is 0 Å². The molecule has 3 rings (SSSR count). The largest absolute Gasteiger partial charge is 0.469 e. The lowest BCUT2D eigenvalue weighted by molar-refractivity contribution is -0.142. The number of ether oxygens (including phenoxy) is 1. The quantitative estimate of drug-likeness (QED) is 0.817. The van der Waals surface area contributed by atoms with Crippen LogP contribution in [-0.4, -0.2) is 19.6 Å². The standard InChI is InChI=1S/C20H29NO2/c1-23-20(22)13-17(11-15-7-3-2-4-8-15)18-12-16-9-5-6-10-19(16)21-14-18/h5-6,9-10,15,17-18,21H,2-4,7-8,11-14H2,1H3. The number of hydrogen-bond donors (Lipinski definition) is 1. The van der Waals surface area contributed by atoms with E-state index >= 15 is 0 Å². The maximum absolute atomic E-state index is 11.9. The lowest BCUT2D eigenvalue weighted by atomic mass is 9.74. The molecular formula is C20H29NO2. The van der Waals surface area contributed by atoms with Crippen LogP contribution < -0.4 is 5.32 Å². The molecule has 1 heterocycles. The Morgan fingerprint density at radius 2 is 2.04 bits per heavy atom. The Balaban J connectivity index is 1.68. The number of methoxy groups -OCH3 is 1. The van der Waals surface area contributed by atoms with Crippen molar-refractivity contribution >= 4 is 11.7 Å². The number of carbonyl (C=O) groups is 1. The Labute approximate surface area is 139 Å². The third kappa shape index (κ3) is 4.27. The molecule has 1 aromatic rings. The van der Waals surface area contributed by atoms with E-state index in [-0.39, 0.29) is 5.97 Å². The molecule has 1 saturated carbocycles. The molecule has 1 aromatic carbocycles. The first-order valence-electron chi connectivity index (χ1n) is 9.15. The van der Waals surface area contributed by atoms with Gasteiger partial charge in [0, 0.05) is 18.7 Å². The van der Waals surface area contributed by atoms with Crippen LogP contribution in [0.2, 0.25) is 0 Å². The summed E-state index contributed by atoms with van der Waals surface area (Å²) in [7, 11) is 1.51. The van der Waals surface area contributed by atoms with Gasteiger partial charge in [0.05, 0.1) is 7.11 Å². The second-order valence-corrected chi connectivity index (χ2v) is 7.28. The zero-order valence-electron chi connectivity index (χ0n) is 14.2. The molecule has 1 aliphatic carbocycles. The SMILES string of the molecule is COC(=O)CC(CC1CCCCC1)C1CNc2ccccc2C1. The van der Waals surface area contributed by atoms with Crippen molar-refractivity contribution in [3.63, 3.8) is 0 Å². The Morgan fingerprint density at radius 1 is 1.26 bits per heavy atom. The summed E-state index contributed by atoms with van der Waals surface area (Å²) < 4.78 is 4.97. The van der Waals surface area contributed by atoms with E-state index in [9.17, 15) is 4.79 Å². The van der Waals surface area contributed by atoms with Crippen molar-refractivity contribution in [1.82, 2.24) is 0 Å². The van der Waals surface area contributed by atoms with Gasteiger partial charge in [-0.05, 0) is 42.2 Å². The summed E-state index contributed by atoms with van der Waals surface area (Å²) in [5.74, 6) is 1.72. The van der Waals surface area contributed by atoms with Gasteiger partial charge < -0.3 is 10.1 Å². The van der Waals surface area contributed by atoms with Crippen LogP contribution in [0.5, 0.6) is 0 Å². The van der Waals surface area contributed by atoms with E-state index in [1.54, 1.807) is 0 Å². The molecule has 1 N–H and O–H groups in total. The Hall–Kier alpha value is -1.51. The van der Waals surface area contributed by atoms with Crippen molar-refractivity contribution < 1.29 is 9.53 Å². The highest BCUT2D eigenvalue weighted by molar-refractivity contribution is 5.69. The number of hydrogen-bond acceptors (Lipinski definition) is 3. The molecule has 2 atom stereocenters. The molecule has 0 bridgehead atoms. The van der Waals surface area contributed by atoms with Crippen molar-refractivity contribution in [2.45, 2.75) is 51.4 Å². The van der Waals surface area contributed by atoms with Gasteiger partial charge in [-0.1, -0.05) is 50.3 Å². The third-order valence-corrected chi connectivity index (χ3v) is 5.74. The predicted octanol–water partition coefficient (Wildman–Crippen LogP) is 4.42. The zero-order valence-corrected chi connectivity index (χ0v) is 14.2. The Bertz CT molecular complexity index is 522. The first kappa shape index (κ1) is 16.4. The summed E-state index contributed by atoms with van der Waals surface area (Å²) in [5, 5.41) is 3.57. The number of fused-ring (bicyclic) bond motifs is 1. The molecule has 0 radical (unpaired) electrons. The molecule has 0 spiro atoms. The van der Waals surface area contributed by atoms with Crippen molar-refractivity contribution in [3.8, 4) is 0 Å². The van der Waals surface area contributed by atoms with Crippen molar-refractivity contribution in [3.05, 3.63) is 29.8 Å². The van der Waals surface area contributed by atoms with E-state index in [2.05, 4.69) is 29.6 Å². The fraction of sp³-hybridized carbons (Fsp3) is 0.650. The third-order valence-electron chi connectivity index (χ3n) is 5.74. The summed E-state index contributed by atoms with van der Waals surface area (Å²) >= 11 is 0. The number of carbonyl (C=O) groups excluding carboxylic acids is 1. The fourth-order valence-corrected chi connectivity index (χ4v) is 4.39. The maximum atomic E-state index is 11.9. The molecular weight excluding hydrogens is 286 g/mol. The van der Waals surface area contributed by atoms with Gasteiger partial charge in [0.2, 0.25) is 0 Å². The first-order chi connectivity index (χ1) is 11.3. The maximum Gasteiger partial charge on any atom is 0.305 e. The highest BCUT2D eigenvalue weighted by Crippen LogP contribution is 2.37. The molecule has 2 aliphatic rings. The first-order valence-corrected chi connectivity index (χ1v) is 9.15. The fourth-order valence-electron chi connectivity index (χ4n) is 4.39. The van der Waals surface area contributed by atoms with Gasteiger partial charge in [-0.25, -0.2) is 0 Å². The number of rotatable bonds is 5. The van der Waals surface area contributed by atoms with Crippen LogP contribution in [0.4, 0.5) is 5.69 Å². The topological polar surface area (TPSA) is 38.3 Å². The Kier molecular flexibility index (Phi) is 5.58. The summed E-state index contributed by atoms with van der Waals surface area (Å²) in [5.41, 5.74) is 2.65. The van der Waals surface area contributed by atoms with Gasteiger partial charge in [-0.3, -0.25) is 4.79 Å². The molecule has 23 heavy (non-hydrogen) atoms. The zero-order chi connectivity index (χ0) is 16.1. The van der Waals surface area contributed by atoms with Gasteiger partial charge in [0.1, 0.15) is 0 Å². The lowest BCUT2D eigenvalue weighted by Gasteiger charge is -2.35. The number of anilines is 1. The average Bonchev–Trinajstić information content (AvgIpc) is 2.61. The van der Waals surface area contributed by atoms with Gasteiger partial charge in [-0.15, -0.1) is 0 Å². The van der Waals surface area contributed by atoms with E-state index in [1.165, 1.54) is 56.9 Å². The summed E-state index contributed by atoms with van der Waals surface area (Å²) in [6.07, 6.45) is 9.63. The molecule has 3 heteroatoms. The van der Waals surface area contributed by atoms with Crippen LogP contribution >= 0.6 is 0 Å². The highest BCUT2D eigenvalue weighted by Gasteiger charge is 2.30. The van der Waals surface area contributed by atoms with Crippen LogP contribution in [-0.2, 0) is 16.0 Å². The van der Waals surface area contributed by atoms with Gasteiger partial charge >= 0.3 is 5.97 Å². The lowest BCUT2D eigenvalue weighted by Crippen LogP contribution is -2.32. The minimum atomic E-state index is -0.0512. The number of benzene rings is 1. The average molecular weight is 315 g/mol. The summed E-state index contributed by atoms with van der Waals surface area (Å²) in [4.78, 5) is 11.9. The summed E-state index contributed by atoms with van der Waals surface area (Å²) in [6.45, 7) is 0.978. The normalized spacial score (nSPS) is 22.7. The van der Waals surface area contributed by atoms with E-state index in [0.717, 1.165) is 18.9 Å². The number of nitrogens with one attached hydrogen (secondary N) is 1. The molecule has 0 saturated heterocycles. The molecule has 126 valence electrons. The second-order valence-electron chi connectivity index (χ2n) is 7.28. The minimum Gasteiger partial charge on any atom is -0.469 e.